The Labute approximate surface area is 190 Å². The van der Waals surface area contributed by atoms with E-state index in [1.165, 1.54) is 32.1 Å². The van der Waals surface area contributed by atoms with Gasteiger partial charge >= 0.3 is 0 Å². The number of amides is 1. The van der Waals surface area contributed by atoms with Crippen LogP contribution >= 0.6 is 0 Å². The van der Waals surface area contributed by atoms with Gasteiger partial charge in [-0.15, -0.1) is 6.58 Å². The summed E-state index contributed by atoms with van der Waals surface area (Å²) in [6.07, 6.45) is 15.8. The molecule has 4 rings (SSSR count). The molecule has 3 atom stereocenters. The molecule has 172 valence electrons. The Bertz CT molecular complexity index is 852. The number of imidazole rings is 1. The SMILES string of the molecule is C=CCOC[C@@H]1CCCN(C[C@@H]2CCCC[C@H]2NC(=O)c2ccc(-n3ccnc3)nc2)C1. The number of piperidine rings is 1. The van der Waals surface area contributed by atoms with Gasteiger partial charge in [0.1, 0.15) is 12.1 Å². The molecule has 1 aliphatic heterocycles. The maximum absolute atomic E-state index is 12.9. The van der Waals surface area contributed by atoms with Crippen molar-refractivity contribution in [3.05, 3.63) is 55.3 Å². The zero-order valence-corrected chi connectivity index (χ0v) is 18.9. The topological polar surface area (TPSA) is 72.3 Å². The molecule has 0 radical (unpaired) electrons. The van der Waals surface area contributed by atoms with Crippen LogP contribution < -0.4 is 5.32 Å². The van der Waals surface area contributed by atoms with E-state index in [1.807, 2.05) is 29.0 Å². The summed E-state index contributed by atoms with van der Waals surface area (Å²) >= 11 is 0. The molecular formula is C25H35N5O2. The van der Waals surface area contributed by atoms with Gasteiger partial charge in [-0.25, -0.2) is 9.97 Å². The van der Waals surface area contributed by atoms with Crippen LogP contribution in [0.15, 0.2) is 49.7 Å². The van der Waals surface area contributed by atoms with Gasteiger partial charge in [0.2, 0.25) is 0 Å². The highest BCUT2D eigenvalue weighted by Crippen LogP contribution is 2.27. The van der Waals surface area contributed by atoms with E-state index in [0.29, 0.717) is 24.0 Å². The van der Waals surface area contributed by atoms with Gasteiger partial charge in [0.05, 0.1) is 18.8 Å². The van der Waals surface area contributed by atoms with E-state index in [2.05, 4.69) is 26.8 Å². The highest BCUT2D eigenvalue weighted by molar-refractivity contribution is 5.94. The Morgan fingerprint density at radius 2 is 2.16 bits per heavy atom. The Hall–Kier alpha value is -2.51. The summed E-state index contributed by atoms with van der Waals surface area (Å²) in [6.45, 7) is 8.47. The van der Waals surface area contributed by atoms with E-state index in [9.17, 15) is 4.79 Å². The summed E-state index contributed by atoms with van der Waals surface area (Å²) in [7, 11) is 0. The number of rotatable bonds is 9. The van der Waals surface area contributed by atoms with Crippen LogP contribution in [0, 0.1) is 11.8 Å². The lowest BCUT2D eigenvalue weighted by Crippen LogP contribution is -2.48. The van der Waals surface area contributed by atoms with Crippen molar-refractivity contribution in [1.29, 1.82) is 0 Å². The molecule has 7 heteroatoms. The van der Waals surface area contributed by atoms with Gasteiger partial charge in [-0.2, -0.15) is 0 Å². The van der Waals surface area contributed by atoms with Crippen molar-refractivity contribution < 1.29 is 9.53 Å². The number of ether oxygens (including phenoxy) is 1. The van der Waals surface area contributed by atoms with Crippen molar-refractivity contribution in [3.8, 4) is 5.82 Å². The molecule has 2 fully saturated rings. The minimum absolute atomic E-state index is 0.0269. The van der Waals surface area contributed by atoms with E-state index in [1.54, 1.807) is 18.7 Å². The molecule has 1 saturated heterocycles. The van der Waals surface area contributed by atoms with Gasteiger partial charge < -0.3 is 15.0 Å². The van der Waals surface area contributed by atoms with Gasteiger partial charge in [-0.1, -0.05) is 18.9 Å². The predicted octanol–water partition coefficient (Wildman–Crippen LogP) is 3.47. The lowest BCUT2D eigenvalue weighted by Gasteiger charge is -2.39. The van der Waals surface area contributed by atoms with E-state index < -0.39 is 0 Å². The lowest BCUT2D eigenvalue weighted by atomic mass is 9.83. The Kier molecular flexibility index (Phi) is 8.07. The first-order valence-corrected chi connectivity index (χ1v) is 11.9. The van der Waals surface area contributed by atoms with E-state index in [4.69, 9.17) is 4.74 Å². The average Bonchev–Trinajstić information content (AvgIpc) is 3.36. The molecule has 2 aromatic heterocycles. The van der Waals surface area contributed by atoms with E-state index in [0.717, 1.165) is 38.5 Å². The van der Waals surface area contributed by atoms with Gasteiger partial charge in [0.25, 0.3) is 5.91 Å². The molecular weight excluding hydrogens is 402 g/mol. The molecule has 1 aliphatic carbocycles. The molecule has 32 heavy (non-hydrogen) atoms. The smallest absolute Gasteiger partial charge is 0.253 e. The van der Waals surface area contributed by atoms with Crippen LogP contribution in [0.4, 0.5) is 0 Å². The van der Waals surface area contributed by atoms with Gasteiger partial charge in [-0.05, 0) is 56.2 Å². The lowest BCUT2D eigenvalue weighted by molar-refractivity contribution is 0.0599. The van der Waals surface area contributed by atoms with Crippen LogP contribution in [-0.4, -0.2) is 64.2 Å². The fraction of sp³-hybridized carbons (Fsp3) is 0.560. The molecule has 0 unspecified atom stereocenters. The van der Waals surface area contributed by atoms with E-state index >= 15 is 0 Å². The molecule has 2 aromatic rings. The first-order valence-electron chi connectivity index (χ1n) is 11.9. The molecule has 1 N–H and O–H groups in total. The van der Waals surface area contributed by atoms with Crippen LogP contribution in [0.2, 0.25) is 0 Å². The number of carbonyl (C=O) groups is 1. The van der Waals surface area contributed by atoms with Gasteiger partial charge in [-0.3, -0.25) is 9.36 Å². The second kappa shape index (κ2) is 11.4. The molecule has 1 saturated carbocycles. The summed E-state index contributed by atoms with van der Waals surface area (Å²) in [6, 6.07) is 3.92. The third-order valence-corrected chi connectivity index (χ3v) is 6.69. The zero-order valence-electron chi connectivity index (χ0n) is 18.9. The maximum Gasteiger partial charge on any atom is 0.253 e. The summed E-state index contributed by atoms with van der Waals surface area (Å²) in [5.74, 6) is 1.83. The minimum Gasteiger partial charge on any atom is -0.377 e. The Morgan fingerprint density at radius 1 is 1.25 bits per heavy atom. The number of nitrogens with zero attached hydrogens (tertiary/aromatic N) is 4. The summed E-state index contributed by atoms with van der Waals surface area (Å²) < 4.78 is 7.53. The van der Waals surface area contributed by atoms with Crippen molar-refractivity contribution in [1.82, 2.24) is 24.8 Å². The molecule has 3 heterocycles. The fourth-order valence-corrected chi connectivity index (χ4v) is 5.04. The molecule has 0 aromatic carbocycles. The Balaban J connectivity index is 1.32. The van der Waals surface area contributed by atoms with Crippen LogP contribution in [0.3, 0.4) is 0 Å². The van der Waals surface area contributed by atoms with E-state index in [-0.39, 0.29) is 11.9 Å². The number of carbonyl (C=O) groups excluding carboxylic acids is 1. The monoisotopic (exact) mass is 437 g/mol. The third kappa shape index (κ3) is 6.04. The Morgan fingerprint density at radius 3 is 2.94 bits per heavy atom. The molecule has 0 spiro atoms. The number of pyridine rings is 1. The predicted molar refractivity (Wildman–Crippen MR) is 125 cm³/mol. The average molecular weight is 438 g/mol. The quantitative estimate of drug-likeness (QED) is 0.480. The van der Waals surface area contributed by atoms with Crippen LogP contribution in [-0.2, 0) is 4.74 Å². The van der Waals surface area contributed by atoms with Crippen molar-refractivity contribution >= 4 is 5.91 Å². The normalized spacial score (nSPS) is 24.2. The third-order valence-electron chi connectivity index (χ3n) is 6.69. The maximum atomic E-state index is 12.9. The second-order valence-electron chi connectivity index (χ2n) is 9.09. The molecule has 7 nitrogen and oxygen atoms in total. The standard InChI is InChI=1S/C25H35N5O2/c1-2-14-32-18-20-6-5-12-29(16-20)17-22-7-3-4-8-23(22)28-25(31)21-9-10-24(27-15-21)30-13-11-26-19-30/h2,9-11,13,15,19-20,22-23H,1,3-8,12,14,16-18H2,(H,28,31)/t20-,22+,23-/m1/s1. The fourth-order valence-electron chi connectivity index (χ4n) is 5.04. The largest absolute Gasteiger partial charge is 0.377 e. The molecule has 2 aliphatic rings. The van der Waals surface area contributed by atoms with Gasteiger partial charge in [0.15, 0.2) is 0 Å². The van der Waals surface area contributed by atoms with Crippen LogP contribution in [0.1, 0.15) is 48.9 Å². The highest BCUT2D eigenvalue weighted by Gasteiger charge is 2.30. The van der Waals surface area contributed by atoms with Crippen LogP contribution in [0.25, 0.3) is 5.82 Å². The highest BCUT2D eigenvalue weighted by atomic mass is 16.5. The van der Waals surface area contributed by atoms with Crippen molar-refractivity contribution in [2.75, 3.05) is 32.8 Å². The zero-order chi connectivity index (χ0) is 22.2. The summed E-state index contributed by atoms with van der Waals surface area (Å²) in [5.41, 5.74) is 0.607. The van der Waals surface area contributed by atoms with Crippen molar-refractivity contribution in [3.63, 3.8) is 0 Å². The first kappa shape index (κ1) is 22.7. The number of likely N-dealkylation sites (tertiary alicyclic amines) is 1. The number of nitrogens with one attached hydrogen (secondary N) is 1. The van der Waals surface area contributed by atoms with Gasteiger partial charge in [0, 0.05) is 37.7 Å². The number of hydrogen-bond acceptors (Lipinski definition) is 5. The summed E-state index contributed by atoms with van der Waals surface area (Å²) in [5, 5.41) is 3.32. The second-order valence-corrected chi connectivity index (χ2v) is 9.09. The van der Waals surface area contributed by atoms with Crippen molar-refractivity contribution in [2.45, 2.75) is 44.6 Å². The van der Waals surface area contributed by atoms with Crippen molar-refractivity contribution in [2.24, 2.45) is 11.8 Å². The molecule has 1 amide bonds. The van der Waals surface area contributed by atoms with Crippen LogP contribution in [0.5, 0.6) is 0 Å². The number of hydrogen-bond donors (Lipinski definition) is 1. The first-order chi connectivity index (χ1) is 15.7. The summed E-state index contributed by atoms with van der Waals surface area (Å²) in [4.78, 5) is 24.0. The number of aromatic nitrogens is 3. The molecule has 0 bridgehead atoms. The minimum atomic E-state index is -0.0269.